The molecule has 8 heteroatoms. The van der Waals surface area contributed by atoms with E-state index in [1.165, 1.54) is 10.9 Å². The maximum Gasteiger partial charge on any atom is 0.227 e. The van der Waals surface area contributed by atoms with Gasteiger partial charge in [0.2, 0.25) is 11.8 Å². The second kappa shape index (κ2) is 8.71. The molecule has 1 aromatic heterocycles. The lowest BCUT2D eigenvalue weighted by molar-refractivity contribution is -0.131. The van der Waals surface area contributed by atoms with Crippen LogP contribution in [0.15, 0.2) is 18.2 Å². The zero-order valence-electron chi connectivity index (χ0n) is 17.4. The summed E-state index contributed by atoms with van der Waals surface area (Å²) in [5.41, 5.74) is 2.09. The summed E-state index contributed by atoms with van der Waals surface area (Å²) in [5, 5.41) is 3.89. The SMILES string of the molecule is CCC(=O)N1CCN(c2nc3c(s2)C[C@H](C(=O)Nc2cccc(F)c2C)CC3)CC1. The number of carbonyl (C=O) groups is 2. The lowest BCUT2D eigenvalue weighted by atomic mass is 9.90. The Morgan fingerprint density at radius 2 is 2.03 bits per heavy atom. The maximum atomic E-state index is 13.8. The van der Waals surface area contributed by atoms with Crippen LogP contribution in [0.5, 0.6) is 0 Å². The second-order valence-corrected chi connectivity index (χ2v) is 8.99. The van der Waals surface area contributed by atoms with E-state index < -0.39 is 0 Å². The molecule has 1 aliphatic heterocycles. The van der Waals surface area contributed by atoms with Crippen LogP contribution in [0, 0.1) is 18.7 Å². The molecule has 0 spiro atoms. The molecule has 30 heavy (non-hydrogen) atoms. The number of carbonyl (C=O) groups excluding carboxylic acids is 2. The minimum Gasteiger partial charge on any atom is -0.345 e. The molecule has 1 aliphatic carbocycles. The minimum atomic E-state index is -0.313. The topological polar surface area (TPSA) is 65.5 Å². The predicted octanol–water partition coefficient (Wildman–Crippen LogP) is 3.39. The Bertz CT molecular complexity index is 953. The Kier molecular flexibility index (Phi) is 6.04. The van der Waals surface area contributed by atoms with E-state index in [1.54, 1.807) is 30.4 Å². The number of benzene rings is 1. The van der Waals surface area contributed by atoms with Gasteiger partial charge >= 0.3 is 0 Å². The molecule has 2 aliphatic rings. The predicted molar refractivity (Wildman–Crippen MR) is 116 cm³/mol. The molecular weight excluding hydrogens is 403 g/mol. The standard InChI is InChI=1S/C22H27FN4O2S/c1-3-20(28)26-9-11-27(12-10-26)22-25-18-8-7-15(13-19(18)30-22)21(29)24-17-6-4-5-16(23)14(17)2/h4-6,15H,3,7-13H2,1-2H3,(H,24,29)/t15-/m1/s1. The third-order valence-corrected chi connectivity index (χ3v) is 7.21. The van der Waals surface area contributed by atoms with Crippen molar-refractivity contribution in [3.05, 3.63) is 40.2 Å². The van der Waals surface area contributed by atoms with Crippen LogP contribution < -0.4 is 10.2 Å². The molecule has 0 saturated carbocycles. The zero-order chi connectivity index (χ0) is 21.3. The van der Waals surface area contributed by atoms with Gasteiger partial charge in [-0.1, -0.05) is 13.0 Å². The first-order chi connectivity index (χ1) is 14.5. The molecule has 0 bridgehead atoms. The average Bonchev–Trinajstić information content (AvgIpc) is 3.20. The van der Waals surface area contributed by atoms with E-state index in [4.69, 9.17) is 4.98 Å². The first-order valence-corrected chi connectivity index (χ1v) is 11.3. The van der Waals surface area contributed by atoms with Crippen LogP contribution in [0.2, 0.25) is 0 Å². The third-order valence-electron chi connectivity index (χ3n) is 6.03. The van der Waals surface area contributed by atoms with Gasteiger partial charge in [-0.15, -0.1) is 11.3 Å². The molecule has 1 aromatic carbocycles. The van der Waals surface area contributed by atoms with Crippen molar-refractivity contribution in [2.75, 3.05) is 36.4 Å². The number of aryl methyl sites for hydroxylation is 1. The van der Waals surface area contributed by atoms with E-state index >= 15 is 0 Å². The maximum absolute atomic E-state index is 13.8. The van der Waals surface area contributed by atoms with Gasteiger partial charge in [0.1, 0.15) is 5.82 Å². The number of anilines is 2. The van der Waals surface area contributed by atoms with E-state index in [0.29, 0.717) is 24.1 Å². The Morgan fingerprint density at radius 3 is 2.77 bits per heavy atom. The number of hydrogen-bond acceptors (Lipinski definition) is 5. The van der Waals surface area contributed by atoms with E-state index in [1.807, 2.05) is 11.8 Å². The summed E-state index contributed by atoms with van der Waals surface area (Å²) in [6.45, 7) is 6.62. The molecule has 1 atom stereocenters. The fourth-order valence-corrected chi connectivity index (χ4v) is 5.31. The van der Waals surface area contributed by atoms with Gasteiger partial charge in [-0.3, -0.25) is 9.59 Å². The number of fused-ring (bicyclic) bond motifs is 1. The fraction of sp³-hybridized carbons (Fsp3) is 0.500. The molecule has 1 fully saturated rings. The lowest BCUT2D eigenvalue weighted by Crippen LogP contribution is -2.48. The van der Waals surface area contributed by atoms with Crippen molar-refractivity contribution in [2.45, 2.75) is 39.5 Å². The summed E-state index contributed by atoms with van der Waals surface area (Å²) < 4.78 is 13.8. The van der Waals surface area contributed by atoms with Gasteiger partial charge in [-0.2, -0.15) is 0 Å². The summed E-state index contributed by atoms with van der Waals surface area (Å²) in [4.78, 5) is 34.8. The third kappa shape index (κ3) is 4.19. The molecule has 1 saturated heterocycles. The first-order valence-electron chi connectivity index (χ1n) is 10.5. The van der Waals surface area contributed by atoms with Crippen molar-refractivity contribution in [3.63, 3.8) is 0 Å². The highest BCUT2D eigenvalue weighted by atomic mass is 32.1. The molecule has 2 aromatic rings. The van der Waals surface area contributed by atoms with Gasteiger partial charge < -0.3 is 15.1 Å². The van der Waals surface area contributed by atoms with Crippen molar-refractivity contribution >= 4 is 34.0 Å². The quantitative estimate of drug-likeness (QED) is 0.808. The second-order valence-electron chi connectivity index (χ2n) is 7.93. The molecule has 160 valence electrons. The number of rotatable bonds is 4. The molecule has 4 rings (SSSR count). The van der Waals surface area contributed by atoms with Crippen LogP contribution in [0.1, 0.15) is 35.9 Å². The van der Waals surface area contributed by atoms with Crippen molar-refractivity contribution in [3.8, 4) is 0 Å². The number of amides is 2. The molecule has 1 N–H and O–H groups in total. The van der Waals surface area contributed by atoms with Crippen molar-refractivity contribution in [1.29, 1.82) is 0 Å². The number of piperazine rings is 1. The number of nitrogens with one attached hydrogen (secondary N) is 1. The fourth-order valence-electron chi connectivity index (χ4n) is 4.07. The van der Waals surface area contributed by atoms with Gasteiger partial charge in [0, 0.05) is 54.6 Å². The van der Waals surface area contributed by atoms with Crippen LogP contribution in [0.25, 0.3) is 0 Å². The van der Waals surface area contributed by atoms with E-state index in [9.17, 15) is 14.0 Å². The van der Waals surface area contributed by atoms with Crippen molar-refractivity contribution < 1.29 is 14.0 Å². The van der Waals surface area contributed by atoms with Gasteiger partial charge in [0.15, 0.2) is 5.13 Å². The minimum absolute atomic E-state index is 0.0593. The van der Waals surface area contributed by atoms with Gasteiger partial charge in [-0.25, -0.2) is 9.37 Å². The monoisotopic (exact) mass is 430 g/mol. The number of nitrogens with zero attached hydrogens (tertiary/aromatic N) is 3. The highest BCUT2D eigenvalue weighted by Gasteiger charge is 2.30. The van der Waals surface area contributed by atoms with Crippen molar-refractivity contribution in [1.82, 2.24) is 9.88 Å². The highest BCUT2D eigenvalue weighted by molar-refractivity contribution is 7.15. The van der Waals surface area contributed by atoms with Crippen molar-refractivity contribution in [2.24, 2.45) is 5.92 Å². The van der Waals surface area contributed by atoms with Crippen LogP contribution in [0.4, 0.5) is 15.2 Å². The molecular formula is C22H27FN4O2S. The van der Waals surface area contributed by atoms with E-state index in [2.05, 4.69) is 10.2 Å². The number of aromatic nitrogens is 1. The van der Waals surface area contributed by atoms with Crippen LogP contribution in [-0.2, 0) is 22.4 Å². The Morgan fingerprint density at radius 1 is 1.27 bits per heavy atom. The Balaban J connectivity index is 1.39. The normalized spacial score (nSPS) is 18.8. The molecule has 0 unspecified atom stereocenters. The molecule has 2 heterocycles. The van der Waals surface area contributed by atoms with Gasteiger partial charge in [-0.05, 0) is 38.3 Å². The molecule has 2 amide bonds. The summed E-state index contributed by atoms with van der Waals surface area (Å²) in [6.07, 6.45) is 2.74. The first kappa shape index (κ1) is 20.8. The summed E-state index contributed by atoms with van der Waals surface area (Å²) in [7, 11) is 0. The van der Waals surface area contributed by atoms with Gasteiger partial charge in [0.05, 0.1) is 5.69 Å². The lowest BCUT2D eigenvalue weighted by Gasteiger charge is -2.34. The van der Waals surface area contributed by atoms with Gasteiger partial charge in [0.25, 0.3) is 0 Å². The number of hydrogen-bond donors (Lipinski definition) is 1. The average molecular weight is 431 g/mol. The Labute approximate surface area is 180 Å². The van der Waals surface area contributed by atoms with E-state index in [0.717, 1.165) is 49.8 Å². The van der Waals surface area contributed by atoms with Crippen LogP contribution in [0.3, 0.4) is 0 Å². The summed E-state index contributed by atoms with van der Waals surface area (Å²) in [6, 6.07) is 4.74. The Hall–Kier alpha value is -2.48. The smallest absolute Gasteiger partial charge is 0.227 e. The number of halogens is 1. The molecule has 6 nitrogen and oxygen atoms in total. The highest BCUT2D eigenvalue weighted by Crippen LogP contribution is 2.35. The number of thiazole rings is 1. The molecule has 0 radical (unpaired) electrons. The van der Waals surface area contributed by atoms with Crippen LogP contribution >= 0.6 is 11.3 Å². The summed E-state index contributed by atoms with van der Waals surface area (Å²) >= 11 is 1.66. The summed E-state index contributed by atoms with van der Waals surface area (Å²) in [5.74, 6) is -0.300. The van der Waals surface area contributed by atoms with E-state index in [-0.39, 0.29) is 23.5 Å². The largest absolute Gasteiger partial charge is 0.345 e. The van der Waals surface area contributed by atoms with Crippen LogP contribution in [-0.4, -0.2) is 47.9 Å². The zero-order valence-corrected chi connectivity index (χ0v) is 18.2.